The molecule has 0 aromatic heterocycles. The molecule has 0 atom stereocenters. The van der Waals surface area contributed by atoms with Crippen LogP contribution >= 0.6 is 0 Å². The summed E-state index contributed by atoms with van der Waals surface area (Å²) in [6.07, 6.45) is 0. The van der Waals surface area contributed by atoms with E-state index in [-0.39, 0.29) is 17.2 Å². The molecule has 4 nitrogen and oxygen atoms in total. The van der Waals surface area contributed by atoms with Gasteiger partial charge < -0.3 is 4.74 Å². The van der Waals surface area contributed by atoms with Crippen molar-refractivity contribution in [2.24, 2.45) is 0 Å². The Morgan fingerprint density at radius 1 is 1.14 bits per heavy atom. The van der Waals surface area contributed by atoms with E-state index in [4.69, 9.17) is 0 Å². The van der Waals surface area contributed by atoms with Gasteiger partial charge in [-0.15, -0.1) is 0 Å². The Kier molecular flexibility index (Phi) is 4.97. The molecule has 0 heterocycles. The average Bonchev–Trinajstić information content (AvgIpc) is 2.42. The van der Waals surface area contributed by atoms with Crippen LogP contribution in [0.4, 0.5) is 14.5 Å². The minimum atomic E-state index is -3.73. The van der Waals surface area contributed by atoms with Crippen molar-refractivity contribution < 1.29 is 21.9 Å². The summed E-state index contributed by atoms with van der Waals surface area (Å²) in [5.41, 5.74) is 1.27. The van der Waals surface area contributed by atoms with E-state index in [1.807, 2.05) is 0 Å². The highest BCUT2D eigenvalue weighted by Gasteiger charge is 2.16. The van der Waals surface area contributed by atoms with Crippen LogP contribution in [0.1, 0.15) is 11.1 Å². The van der Waals surface area contributed by atoms with E-state index < -0.39 is 16.6 Å². The highest BCUT2D eigenvalue weighted by Crippen LogP contribution is 2.28. The molecular formula is C15H15F2NO3S. The third-order valence-electron chi connectivity index (χ3n) is 2.82. The molecule has 0 fully saturated rings. The number of hydrogen-bond acceptors (Lipinski definition) is 3. The van der Waals surface area contributed by atoms with Crippen LogP contribution in [0.25, 0.3) is 0 Å². The van der Waals surface area contributed by atoms with E-state index in [0.717, 1.165) is 0 Å². The predicted octanol–water partition coefficient (Wildman–Crippen LogP) is 3.54. The quantitative estimate of drug-likeness (QED) is 0.883. The molecule has 0 aliphatic carbocycles. The molecule has 0 radical (unpaired) electrons. The molecule has 7 heteroatoms. The lowest BCUT2D eigenvalue weighted by atomic mass is 10.2. The predicted molar refractivity (Wildman–Crippen MR) is 80.5 cm³/mol. The molecule has 1 N–H and O–H groups in total. The summed E-state index contributed by atoms with van der Waals surface area (Å²) in [6, 6.07) is 12.9. The van der Waals surface area contributed by atoms with E-state index in [1.54, 1.807) is 43.3 Å². The Morgan fingerprint density at radius 2 is 1.82 bits per heavy atom. The molecule has 0 spiro atoms. The first-order valence-corrected chi connectivity index (χ1v) is 8.11. The van der Waals surface area contributed by atoms with E-state index >= 15 is 0 Å². The van der Waals surface area contributed by atoms with Crippen LogP contribution in [0, 0.1) is 6.92 Å². The molecule has 0 unspecified atom stereocenters. The fraction of sp³-hybridized carbons (Fsp3) is 0.200. The Balaban J connectivity index is 2.22. The zero-order valence-electron chi connectivity index (χ0n) is 11.8. The van der Waals surface area contributed by atoms with Crippen LogP contribution < -0.4 is 9.46 Å². The van der Waals surface area contributed by atoms with Gasteiger partial charge in [0.05, 0.1) is 11.4 Å². The Labute approximate surface area is 127 Å². The number of rotatable bonds is 6. The highest BCUT2D eigenvalue weighted by atomic mass is 32.2. The van der Waals surface area contributed by atoms with Gasteiger partial charge in [0.2, 0.25) is 10.0 Å². The van der Waals surface area contributed by atoms with E-state index in [9.17, 15) is 17.2 Å². The van der Waals surface area contributed by atoms with Gasteiger partial charge in [-0.1, -0.05) is 36.4 Å². The van der Waals surface area contributed by atoms with Gasteiger partial charge in [0, 0.05) is 0 Å². The second-order valence-corrected chi connectivity index (χ2v) is 6.45. The zero-order chi connectivity index (χ0) is 16.2. The summed E-state index contributed by atoms with van der Waals surface area (Å²) in [5, 5.41) is 0. The summed E-state index contributed by atoms with van der Waals surface area (Å²) >= 11 is 0. The molecule has 0 saturated heterocycles. The average molecular weight is 327 g/mol. The number of hydrogen-bond donors (Lipinski definition) is 1. The van der Waals surface area contributed by atoms with Crippen molar-refractivity contribution in [2.45, 2.75) is 19.3 Å². The Morgan fingerprint density at radius 3 is 2.45 bits per heavy atom. The van der Waals surface area contributed by atoms with Crippen molar-refractivity contribution in [3.05, 3.63) is 59.7 Å². The van der Waals surface area contributed by atoms with Crippen molar-refractivity contribution in [1.82, 2.24) is 0 Å². The van der Waals surface area contributed by atoms with Crippen molar-refractivity contribution in [3.8, 4) is 5.75 Å². The van der Waals surface area contributed by atoms with E-state index in [2.05, 4.69) is 9.46 Å². The summed E-state index contributed by atoms with van der Waals surface area (Å²) in [6.45, 7) is -1.33. The van der Waals surface area contributed by atoms with Gasteiger partial charge in [-0.2, -0.15) is 8.78 Å². The number of ether oxygens (including phenoxy) is 1. The van der Waals surface area contributed by atoms with Gasteiger partial charge in [-0.3, -0.25) is 4.72 Å². The molecule has 22 heavy (non-hydrogen) atoms. The standard InChI is InChI=1S/C15H15F2NO3S/c1-11-7-8-13(14(9-11)21-15(16)17)18-22(19,20)10-12-5-3-2-4-6-12/h2-9,15,18H,10H2,1H3. The second kappa shape index (κ2) is 6.74. The number of alkyl halides is 2. The summed E-state index contributed by atoms with van der Waals surface area (Å²) in [4.78, 5) is 0. The third kappa shape index (κ3) is 4.70. The maximum atomic E-state index is 12.4. The van der Waals surface area contributed by atoms with Crippen molar-refractivity contribution >= 4 is 15.7 Å². The van der Waals surface area contributed by atoms with E-state index in [0.29, 0.717) is 11.1 Å². The summed E-state index contributed by atoms with van der Waals surface area (Å²) in [5.74, 6) is -0.456. The lowest BCUT2D eigenvalue weighted by Gasteiger charge is -2.14. The largest absolute Gasteiger partial charge is 0.433 e. The summed E-state index contributed by atoms with van der Waals surface area (Å²) < 4.78 is 55.7. The number of halogens is 2. The molecular weight excluding hydrogens is 312 g/mol. The maximum absolute atomic E-state index is 12.4. The summed E-state index contributed by atoms with van der Waals surface area (Å²) in [7, 11) is -3.73. The molecule has 0 bridgehead atoms. The molecule has 2 aromatic rings. The molecule has 0 saturated carbocycles. The fourth-order valence-electron chi connectivity index (χ4n) is 1.90. The smallest absolute Gasteiger partial charge is 0.387 e. The molecule has 0 amide bonds. The van der Waals surface area contributed by atoms with Gasteiger partial charge in [-0.25, -0.2) is 8.42 Å². The van der Waals surface area contributed by atoms with Crippen molar-refractivity contribution in [3.63, 3.8) is 0 Å². The van der Waals surface area contributed by atoms with Gasteiger partial charge >= 0.3 is 6.61 Å². The monoisotopic (exact) mass is 327 g/mol. The van der Waals surface area contributed by atoms with Gasteiger partial charge in [0.1, 0.15) is 5.75 Å². The van der Waals surface area contributed by atoms with Gasteiger partial charge in [-0.05, 0) is 30.2 Å². The number of aryl methyl sites for hydroxylation is 1. The molecule has 0 aliphatic heterocycles. The van der Waals surface area contributed by atoms with Crippen LogP contribution in [0.15, 0.2) is 48.5 Å². The number of sulfonamides is 1. The first-order chi connectivity index (χ1) is 10.4. The third-order valence-corrected chi connectivity index (χ3v) is 4.06. The van der Waals surface area contributed by atoms with Crippen LogP contribution in [0.2, 0.25) is 0 Å². The molecule has 2 aromatic carbocycles. The van der Waals surface area contributed by atoms with Crippen LogP contribution in [-0.4, -0.2) is 15.0 Å². The van der Waals surface area contributed by atoms with Gasteiger partial charge in [0.15, 0.2) is 0 Å². The SMILES string of the molecule is Cc1ccc(NS(=O)(=O)Cc2ccccc2)c(OC(F)F)c1. The maximum Gasteiger partial charge on any atom is 0.387 e. The molecule has 118 valence electrons. The lowest BCUT2D eigenvalue weighted by Crippen LogP contribution is -2.16. The Hall–Kier alpha value is -2.15. The minimum absolute atomic E-state index is 0.0122. The minimum Gasteiger partial charge on any atom is -0.433 e. The first-order valence-electron chi connectivity index (χ1n) is 6.45. The number of nitrogens with one attached hydrogen (secondary N) is 1. The first kappa shape index (κ1) is 16.2. The normalized spacial score (nSPS) is 11.5. The molecule has 2 rings (SSSR count). The van der Waals surface area contributed by atoms with Crippen molar-refractivity contribution in [1.29, 1.82) is 0 Å². The zero-order valence-corrected chi connectivity index (χ0v) is 12.6. The van der Waals surface area contributed by atoms with E-state index in [1.165, 1.54) is 12.1 Å². The fourth-order valence-corrected chi connectivity index (χ4v) is 3.11. The van der Waals surface area contributed by atoms with Gasteiger partial charge in [0.25, 0.3) is 0 Å². The molecule has 0 aliphatic rings. The number of benzene rings is 2. The lowest BCUT2D eigenvalue weighted by molar-refractivity contribution is -0.0493. The van der Waals surface area contributed by atoms with Crippen LogP contribution in [-0.2, 0) is 15.8 Å². The van der Waals surface area contributed by atoms with Crippen molar-refractivity contribution in [2.75, 3.05) is 4.72 Å². The van der Waals surface area contributed by atoms with Crippen LogP contribution in [0.5, 0.6) is 5.75 Å². The number of anilines is 1. The Bertz CT molecular complexity index is 734. The second-order valence-electron chi connectivity index (χ2n) is 4.72. The van der Waals surface area contributed by atoms with Crippen LogP contribution in [0.3, 0.4) is 0 Å². The highest BCUT2D eigenvalue weighted by molar-refractivity contribution is 7.91. The topological polar surface area (TPSA) is 55.4 Å².